The van der Waals surface area contributed by atoms with Crippen molar-refractivity contribution in [2.75, 3.05) is 17.8 Å². The molecule has 0 fully saturated rings. The summed E-state index contributed by atoms with van der Waals surface area (Å²) in [6, 6.07) is 23.0. The van der Waals surface area contributed by atoms with Crippen LogP contribution in [0.1, 0.15) is 38.0 Å². The van der Waals surface area contributed by atoms with Crippen LogP contribution in [0.25, 0.3) is 21.0 Å². The molecule has 3 aromatic carbocycles. The Morgan fingerprint density at radius 2 is 1.66 bits per heavy atom. The second kappa shape index (κ2) is 14.4. The molecule has 0 bridgehead atoms. The van der Waals surface area contributed by atoms with Crippen molar-refractivity contribution in [1.82, 2.24) is 14.9 Å². The first-order valence-electron chi connectivity index (χ1n) is 14.9. The highest BCUT2D eigenvalue weighted by Gasteiger charge is 2.25. The van der Waals surface area contributed by atoms with E-state index in [1.165, 1.54) is 40.5 Å². The zero-order valence-electron chi connectivity index (χ0n) is 26.1. The Morgan fingerprint density at radius 1 is 0.979 bits per heavy atom. The maximum absolute atomic E-state index is 13.3. The van der Waals surface area contributed by atoms with E-state index >= 15 is 0 Å². The first-order chi connectivity index (χ1) is 22.4. The number of benzene rings is 3. The summed E-state index contributed by atoms with van der Waals surface area (Å²) in [7, 11) is -3.87. The molecule has 5 rings (SSSR count). The van der Waals surface area contributed by atoms with Gasteiger partial charge in [0.15, 0.2) is 0 Å². The lowest BCUT2D eigenvalue weighted by atomic mass is 10.1. The molecular weight excluding hydrogens is 640 g/mol. The third-order valence-electron chi connectivity index (χ3n) is 7.04. The number of ether oxygens (including phenoxy) is 1. The molecule has 0 aliphatic carbocycles. The van der Waals surface area contributed by atoms with Crippen molar-refractivity contribution in [1.29, 1.82) is 0 Å². The smallest absolute Gasteiger partial charge is 0.410 e. The third kappa shape index (κ3) is 9.22. The number of hydrogen-bond acceptors (Lipinski definition) is 8. The highest BCUT2D eigenvalue weighted by molar-refractivity contribution is 7.92. The van der Waals surface area contributed by atoms with Gasteiger partial charge in [0.05, 0.1) is 22.4 Å². The molecule has 1 unspecified atom stereocenters. The molecule has 1 amide bonds. The van der Waals surface area contributed by atoms with Crippen LogP contribution in [0.4, 0.5) is 14.9 Å². The van der Waals surface area contributed by atoms with Crippen LogP contribution >= 0.6 is 11.3 Å². The first kappa shape index (κ1) is 33.7. The predicted molar refractivity (Wildman–Crippen MR) is 181 cm³/mol. The summed E-state index contributed by atoms with van der Waals surface area (Å²) in [4.78, 5) is 23.9. The van der Waals surface area contributed by atoms with Crippen molar-refractivity contribution < 1.29 is 27.4 Å². The van der Waals surface area contributed by atoms with E-state index in [-0.39, 0.29) is 23.8 Å². The van der Waals surface area contributed by atoms with E-state index in [2.05, 4.69) is 14.7 Å². The van der Waals surface area contributed by atoms with Crippen LogP contribution < -0.4 is 4.72 Å². The SMILES string of the molecule is CC(C)(C)OC(=O)N(CCc1ccc(NS(=O)(=O)c2ccc(-c3ncc(-c4ccc(F)cc4)s3)cc2)cc1)CC(O)c1cccnc1. The Labute approximate surface area is 277 Å². The number of hydrogen-bond donors (Lipinski definition) is 2. The van der Waals surface area contributed by atoms with Gasteiger partial charge < -0.3 is 14.7 Å². The maximum atomic E-state index is 13.3. The van der Waals surface area contributed by atoms with Crippen molar-refractivity contribution in [3.63, 3.8) is 0 Å². The monoisotopic (exact) mass is 674 g/mol. The molecule has 0 aliphatic rings. The molecule has 0 aliphatic heterocycles. The number of aromatic nitrogens is 2. The van der Waals surface area contributed by atoms with Crippen molar-refractivity contribution in [2.45, 2.75) is 43.8 Å². The Morgan fingerprint density at radius 3 is 2.30 bits per heavy atom. The lowest BCUT2D eigenvalue weighted by molar-refractivity contribution is 0.0146. The summed E-state index contributed by atoms with van der Waals surface area (Å²) >= 11 is 1.43. The third-order valence-corrected chi connectivity index (χ3v) is 9.53. The summed E-state index contributed by atoms with van der Waals surface area (Å²) in [5.41, 5.74) is 2.75. The number of rotatable bonds is 11. The van der Waals surface area contributed by atoms with Crippen LogP contribution in [0.2, 0.25) is 0 Å². The van der Waals surface area contributed by atoms with Gasteiger partial charge in [0.2, 0.25) is 0 Å². The largest absolute Gasteiger partial charge is 0.444 e. The van der Waals surface area contributed by atoms with Crippen molar-refractivity contribution in [2.24, 2.45) is 0 Å². The van der Waals surface area contributed by atoms with E-state index in [0.717, 1.165) is 21.6 Å². The maximum Gasteiger partial charge on any atom is 0.410 e. The first-order valence-corrected chi connectivity index (χ1v) is 17.2. The standard InChI is InChI=1S/C35H35FN4O5S2/c1-35(2,3)45-34(42)40(23-31(41)27-5-4-19-37-21-27)20-18-24-6-14-29(15-7-24)39-47(43,44)30-16-10-26(11-17-30)33-38-22-32(46-33)25-8-12-28(36)13-9-25/h4-17,19,21-22,31,39,41H,18,20,23H2,1-3H3. The fourth-order valence-electron chi connectivity index (χ4n) is 4.62. The van der Waals surface area contributed by atoms with E-state index in [9.17, 15) is 22.7 Å². The highest BCUT2D eigenvalue weighted by Crippen LogP contribution is 2.32. The fraction of sp³-hybridized carbons (Fsp3) is 0.229. The summed E-state index contributed by atoms with van der Waals surface area (Å²) in [5, 5.41) is 11.4. The van der Waals surface area contributed by atoms with Gasteiger partial charge in [-0.05, 0) is 80.8 Å². The molecule has 2 heterocycles. The van der Waals surface area contributed by atoms with Gasteiger partial charge in [0.1, 0.15) is 16.4 Å². The average molecular weight is 675 g/mol. The topological polar surface area (TPSA) is 122 Å². The van der Waals surface area contributed by atoms with E-state index < -0.39 is 27.8 Å². The lowest BCUT2D eigenvalue weighted by Crippen LogP contribution is -2.40. The molecule has 0 saturated heterocycles. The molecule has 1 atom stereocenters. The summed E-state index contributed by atoms with van der Waals surface area (Å²) < 4.78 is 47.7. The van der Waals surface area contributed by atoms with Gasteiger partial charge in [0.25, 0.3) is 10.0 Å². The minimum absolute atomic E-state index is 0.0231. The Bertz CT molecular complexity index is 1890. The van der Waals surface area contributed by atoms with Gasteiger partial charge in [0, 0.05) is 41.9 Å². The van der Waals surface area contributed by atoms with Crippen LogP contribution in [-0.2, 0) is 21.2 Å². The number of carbonyl (C=O) groups is 1. The minimum atomic E-state index is -3.87. The molecule has 0 radical (unpaired) electrons. The van der Waals surface area contributed by atoms with Crippen molar-refractivity contribution >= 4 is 33.1 Å². The Hall–Kier alpha value is -4.65. The van der Waals surface area contributed by atoms with Gasteiger partial charge >= 0.3 is 6.09 Å². The molecule has 2 N–H and O–H groups in total. The predicted octanol–water partition coefficient (Wildman–Crippen LogP) is 7.33. The number of carbonyl (C=O) groups excluding carboxylic acids is 1. The van der Waals surface area contributed by atoms with Gasteiger partial charge in [-0.1, -0.05) is 42.5 Å². The summed E-state index contributed by atoms with van der Waals surface area (Å²) in [6.45, 7) is 5.63. The van der Waals surface area contributed by atoms with Gasteiger partial charge in [-0.2, -0.15) is 0 Å². The molecule has 5 aromatic rings. The van der Waals surface area contributed by atoms with E-state index in [4.69, 9.17) is 4.74 Å². The van der Waals surface area contributed by atoms with Gasteiger partial charge in [-0.25, -0.2) is 22.6 Å². The summed E-state index contributed by atoms with van der Waals surface area (Å²) in [5.74, 6) is -0.309. The number of pyridine rings is 1. The van der Waals surface area contributed by atoms with Crippen molar-refractivity contribution in [3.05, 3.63) is 120 Å². The lowest BCUT2D eigenvalue weighted by Gasteiger charge is -2.29. The molecule has 9 nitrogen and oxygen atoms in total. The number of halogens is 1. The number of sulfonamides is 1. The number of amides is 1. The van der Waals surface area contributed by atoms with Gasteiger partial charge in [-0.15, -0.1) is 11.3 Å². The molecule has 12 heteroatoms. The minimum Gasteiger partial charge on any atom is -0.444 e. The number of nitrogens with zero attached hydrogens (tertiary/aromatic N) is 3. The quantitative estimate of drug-likeness (QED) is 0.151. The van der Waals surface area contributed by atoms with E-state index in [1.54, 1.807) is 100 Å². The zero-order chi connectivity index (χ0) is 33.6. The molecule has 0 saturated carbocycles. The highest BCUT2D eigenvalue weighted by atomic mass is 32.2. The number of nitrogens with one attached hydrogen (secondary N) is 1. The van der Waals surface area contributed by atoms with Crippen LogP contribution in [-0.4, -0.2) is 53.2 Å². The van der Waals surface area contributed by atoms with Crippen LogP contribution in [0.15, 0.2) is 108 Å². The normalized spacial score (nSPS) is 12.4. The van der Waals surface area contributed by atoms with E-state index in [1.807, 2.05) is 0 Å². The fourth-order valence-corrected chi connectivity index (χ4v) is 6.61. The number of aliphatic hydroxyl groups excluding tert-OH is 1. The number of thiazole rings is 1. The van der Waals surface area contributed by atoms with Crippen LogP contribution in [0.5, 0.6) is 0 Å². The second-order valence-corrected chi connectivity index (χ2v) is 14.6. The molecule has 2 aromatic heterocycles. The van der Waals surface area contributed by atoms with Crippen LogP contribution in [0.3, 0.4) is 0 Å². The van der Waals surface area contributed by atoms with Crippen molar-refractivity contribution in [3.8, 4) is 21.0 Å². The second-order valence-electron chi connectivity index (χ2n) is 11.8. The number of aliphatic hydroxyl groups is 1. The average Bonchev–Trinajstić information content (AvgIpc) is 3.54. The van der Waals surface area contributed by atoms with Crippen LogP contribution in [0, 0.1) is 5.82 Å². The molecule has 47 heavy (non-hydrogen) atoms. The van der Waals surface area contributed by atoms with Gasteiger partial charge in [-0.3, -0.25) is 9.71 Å². The Balaban J connectivity index is 1.21. The number of anilines is 1. The Kier molecular flexibility index (Phi) is 10.3. The summed E-state index contributed by atoms with van der Waals surface area (Å²) in [6.07, 6.45) is 3.84. The zero-order valence-corrected chi connectivity index (χ0v) is 27.8. The van der Waals surface area contributed by atoms with E-state index in [0.29, 0.717) is 22.7 Å². The molecule has 0 spiro atoms. The molecular formula is C35H35FN4O5S2. The molecule has 244 valence electrons.